The van der Waals surface area contributed by atoms with Gasteiger partial charge in [-0.05, 0) is 23.8 Å². The monoisotopic (exact) mass is 1010 g/mol. The van der Waals surface area contributed by atoms with Crippen LogP contribution in [0.1, 0.15) is 17.3 Å². The largest absolute Gasteiger partial charge is 0.506 e. The van der Waals surface area contributed by atoms with Gasteiger partial charge in [0.1, 0.15) is 11.3 Å². The maximum atomic E-state index is 13.8. The average molecular weight is 1010 g/mol. The molecule has 312 valence electrons. The first-order chi connectivity index (χ1) is 29.3. The van der Waals surface area contributed by atoms with Gasteiger partial charge in [-0.3, -0.25) is 4.79 Å². The number of benzene rings is 7. The number of Topliss-reactive ketones (excluding diaryl/α,β-unsaturated/α-hetero) is 1. The van der Waals surface area contributed by atoms with E-state index in [0.717, 1.165) is 31.8 Å². The first-order valence-corrected chi connectivity index (χ1v) is 22.3. The summed E-state index contributed by atoms with van der Waals surface area (Å²) in [6.45, 7) is 5.71. The summed E-state index contributed by atoms with van der Waals surface area (Å²) in [5.74, 6) is -3.46. The number of allylic oxidation sites excluding steroid dienone is 3. The fraction of sp³-hybridized carbons (Fsp3) is 0.0400. The zero-order valence-corrected chi connectivity index (χ0v) is 37.6. The van der Waals surface area contributed by atoms with Gasteiger partial charge in [0.15, 0.2) is 19.8 Å². The Bertz CT molecular complexity index is 2830. The molecule has 0 amide bonds. The van der Waals surface area contributed by atoms with Crippen LogP contribution in [0.4, 0.5) is 13.2 Å². The third kappa shape index (κ3) is 10.1. The third-order valence-electron chi connectivity index (χ3n) is 9.72. The van der Waals surface area contributed by atoms with Gasteiger partial charge < -0.3 is 18.7 Å². The van der Waals surface area contributed by atoms with Gasteiger partial charge in [0.05, 0.1) is 5.39 Å². The fourth-order valence-corrected chi connectivity index (χ4v) is 12.2. The zero-order valence-electron chi connectivity index (χ0n) is 33.2. The van der Waals surface area contributed by atoms with E-state index >= 15 is 0 Å². The number of carbonyl (C=O) groups is 1. The molecule has 0 fully saturated rings. The molecule has 7 aromatic carbocycles. The van der Waals surface area contributed by atoms with E-state index in [1.165, 1.54) is 6.07 Å². The van der Waals surface area contributed by atoms with Gasteiger partial charge in [-0.25, -0.2) is 4.79 Å². The molecule has 12 heteroatoms. The Labute approximate surface area is 389 Å². The van der Waals surface area contributed by atoms with E-state index in [9.17, 15) is 37.0 Å². The quantitative estimate of drug-likeness (QED) is 0.0535. The number of carbonyl (C=O) groups excluding carboxylic acids is 1. The van der Waals surface area contributed by atoms with Gasteiger partial charge >= 0.3 is 11.8 Å². The first kappa shape index (κ1) is 47.6. The van der Waals surface area contributed by atoms with Crippen LogP contribution >= 0.6 is 14.3 Å². The Morgan fingerprint density at radius 3 is 1.39 bits per heavy atom. The molecule has 8 rings (SSSR count). The molecule has 8 aromatic rings. The van der Waals surface area contributed by atoms with Crippen LogP contribution in [-0.4, -0.2) is 17.1 Å². The Hall–Kier alpha value is -5.45. The van der Waals surface area contributed by atoms with E-state index in [1.54, 1.807) is 36.4 Å². The molecule has 0 aliphatic rings. The van der Waals surface area contributed by atoms with E-state index in [-0.39, 0.29) is 51.4 Å². The van der Waals surface area contributed by atoms with Gasteiger partial charge in [0.25, 0.3) is 5.78 Å². The molecule has 1 heterocycles. The Morgan fingerprint density at radius 1 is 0.613 bits per heavy atom. The Kier molecular flexibility index (Phi) is 16.2. The summed E-state index contributed by atoms with van der Waals surface area (Å²) in [6.07, 6.45) is -1.71. The summed E-state index contributed by atoms with van der Waals surface area (Å²) >= 11 is 0. The van der Waals surface area contributed by atoms with Crippen LogP contribution in [0.2, 0.25) is 0 Å². The predicted molar refractivity (Wildman–Crippen MR) is 242 cm³/mol. The van der Waals surface area contributed by atoms with Crippen LogP contribution in [0.15, 0.2) is 221 Å². The standard InChI is InChI=1S/C18H15OP.C17H17OP.C15H7F3O4.Sm/c19-20(16-10-4-1-5-11-16,17-12-6-2-7-13-17)18-14-8-3-9-15-18;1-3-15(4-2)19(18,16-11-7-5-8-12-16)17-13-9-6-10-14-17;16-15(17,18)13(20)11-12(19)10-8-4-2-1-3-7(8)5-6-9(10)22-14(11)21;/h1-15H;3-14H,1H2,2H3;1-6,19H;/b;15-4+;;. The van der Waals surface area contributed by atoms with Crippen LogP contribution < -0.4 is 32.1 Å². The predicted octanol–water partition coefficient (Wildman–Crippen LogP) is 10.8. The van der Waals surface area contributed by atoms with Crippen molar-refractivity contribution in [1.29, 1.82) is 0 Å². The van der Waals surface area contributed by atoms with E-state index in [0.29, 0.717) is 10.8 Å². The van der Waals surface area contributed by atoms with Crippen molar-refractivity contribution in [3.05, 3.63) is 228 Å². The number of ketones is 1. The normalized spacial score (nSPS) is 11.6. The van der Waals surface area contributed by atoms with Gasteiger partial charge in [-0.1, -0.05) is 201 Å². The van der Waals surface area contributed by atoms with Crippen molar-refractivity contribution in [2.75, 3.05) is 0 Å². The number of fused-ring (bicyclic) bond motifs is 3. The van der Waals surface area contributed by atoms with Crippen molar-refractivity contribution >= 4 is 68.3 Å². The van der Waals surface area contributed by atoms with Gasteiger partial charge in [0.2, 0.25) is 0 Å². The molecule has 0 bridgehead atoms. The molecule has 0 spiro atoms. The molecule has 1 N–H and O–H groups in total. The summed E-state index contributed by atoms with van der Waals surface area (Å²) < 4.78 is 69.9. The van der Waals surface area contributed by atoms with Crippen molar-refractivity contribution in [3.8, 4) is 5.75 Å². The molecular weight excluding hydrogens is 966 g/mol. The van der Waals surface area contributed by atoms with Gasteiger partial charge in [-0.2, -0.15) is 13.2 Å². The van der Waals surface area contributed by atoms with E-state index < -0.39 is 43.2 Å². The second kappa shape index (κ2) is 21.1. The Balaban J connectivity index is 0.000000175. The topological polar surface area (TPSA) is 102 Å². The van der Waals surface area contributed by atoms with Crippen molar-refractivity contribution < 1.29 is 77.0 Å². The number of alkyl halides is 3. The molecule has 62 heavy (non-hydrogen) atoms. The number of hydrogen-bond donors (Lipinski definition) is 1. The van der Waals surface area contributed by atoms with Crippen LogP contribution in [0.5, 0.6) is 5.75 Å². The molecule has 6 nitrogen and oxygen atoms in total. The number of rotatable bonds is 8. The maximum absolute atomic E-state index is 13.8. The fourth-order valence-electron chi connectivity index (χ4n) is 6.81. The first-order valence-electron chi connectivity index (χ1n) is 18.9. The van der Waals surface area contributed by atoms with E-state index in [4.69, 9.17) is 4.42 Å². The van der Waals surface area contributed by atoms with Crippen LogP contribution in [-0.2, 0) is 9.13 Å². The van der Waals surface area contributed by atoms with E-state index in [1.807, 2.05) is 165 Å². The molecule has 0 saturated heterocycles. The molecule has 0 aliphatic carbocycles. The smallest absolute Gasteiger partial charge is 0.455 e. The van der Waals surface area contributed by atoms with Crippen molar-refractivity contribution in [2.45, 2.75) is 13.1 Å². The second-order valence-electron chi connectivity index (χ2n) is 13.4. The summed E-state index contributed by atoms with van der Waals surface area (Å²) in [4.78, 5) is 23.0. The number of aromatic hydroxyl groups is 1. The number of hydrogen-bond acceptors (Lipinski definition) is 6. The van der Waals surface area contributed by atoms with Crippen LogP contribution in [0.25, 0.3) is 21.7 Å². The summed E-state index contributed by atoms with van der Waals surface area (Å²) in [7, 11) is -5.57. The van der Waals surface area contributed by atoms with Gasteiger partial charge in [0, 0.05) is 72.2 Å². The summed E-state index contributed by atoms with van der Waals surface area (Å²) in [5.41, 5.74) is -3.03. The molecule has 1 aromatic heterocycles. The molecule has 0 atom stereocenters. The minimum atomic E-state index is -5.29. The molecule has 0 saturated carbocycles. The molecule has 0 radical (unpaired) electrons. The molecule has 0 aliphatic heterocycles. The molecule has 0 unspecified atom stereocenters. The van der Waals surface area contributed by atoms with Crippen molar-refractivity contribution in [3.63, 3.8) is 0 Å². The van der Waals surface area contributed by atoms with Crippen LogP contribution in [0, 0.1) is 40.4 Å². The second-order valence-corrected chi connectivity index (χ2v) is 18.9. The average Bonchev–Trinajstić information content (AvgIpc) is 3.30. The molecular formula is C50H39F3O6P2Sm. The third-order valence-corrected chi connectivity index (χ3v) is 16.0. The van der Waals surface area contributed by atoms with Crippen molar-refractivity contribution in [1.82, 2.24) is 0 Å². The summed E-state index contributed by atoms with van der Waals surface area (Å²) in [5, 5.41) is 16.0. The minimum absolute atomic E-state index is 0. The SMILES string of the molecule is C=C/C(=C\C)P(=O)(c1ccccc1)c1ccccc1.O=C(c1c(O)c2c(ccc3ccccc32)oc1=O)C(F)(F)F.O=P(c1ccccc1)(c1ccccc1)c1ccccc1.[Sm]. The number of halogens is 3. The summed E-state index contributed by atoms with van der Waals surface area (Å²) in [6, 6.07) is 57.8. The van der Waals surface area contributed by atoms with Crippen LogP contribution in [0.3, 0.4) is 0 Å². The van der Waals surface area contributed by atoms with E-state index in [2.05, 4.69) is 6.58 Å². The minimum Gasteiger partial charge on any atom is -0.506 e. The van der Waals surface area contributed by atoms with Gasteiger partial charge in [-0.15, -0.1) is 0 Å². The Morgan fingerprint density at radius 2 is 1.00 bits per heavy atom. The van der Waals surface area contributed by atoms with Crippen molar-refractivity contribution in [2.24, 2.45) is 0 Å². The zero-order chi connectivity index (χ0) is 43.6. The maximum Gasteiger partial charge on any atom is 0.455 e.